The summed E-state index contributed by atoms with van der Waals surface area (Å²) in [5.41, 5.74) is -0.102. The molecule has 214 valence electrons. The highest BCUT2D eigenvalue weighted by Crippen LogP contribution is 2.28. The van der Waals surface area contributed by atoms with E-state index in [2.05, 4.69) is 10.3 Å². The van der Waals surface area contributed by atoms with Gasteiger partial charge in [0.15, 0.2) is 0 Å². The van der Waals surface area contributed by atoms with E-state index < -0.39 is 80.5 Å². The fourth-order valence-corrected chi connectivity index (χ4v) is 4.73. The Morgan fingerprint density at radius 1 is 1.07 bits per heavy atom. The number of amides is 1. The van der Waals surface area contributed by atoms with Crippen molar-refractivity contribution in [1.29, 1.82) is 0 Å². The molecule has 0 spiro atoms. The first-order chi connectivity index (χ1) is 25.5. The van der Waals surface area contributed by atoms with Gasteiger partial charge in [-0.3, -0.25) is 9.79 Å². The number of hydrogen-bond donors (Lipinski definition) is 1. The van der Waals surface area contributed by atoms with Crippen LogP contribution in [0.5, 0.6) is 0 Å². The Balaban J connectivity index is 1.39. The quantitative estimate of drug-likeness (QED) is 0.453. The van der Waals surface area contributed by atoms with Crippen LogP contribution in [0.1, 0.15) is 71.6 Å². The molecule has 3 heterocycles. The third-order valence-corrected chi connectivity index (χ3v) is 6.74. The molecule has 3 aromatic carbocycles. The first-order valence-electron chi connectivity index (χ1n) is 20.4. The second-order valence-electron chi connectivity index (χ2n) is 9.73. The molecule has 0 aromatic heterocycles. The standard InChI is InChI=1S/C33H36F2N4O2/c1-38-8-10-39(11-9-38)29-4-5-30(26(19-29)15-22-6-12-41-13-7-22)33(40)37-32-31-18-23(2-3-25(31)21-36-32)14-24-16-27(34)20-28(35)17-24/h2-5,16-20,22H,6-15,21H2,1H3,(H,36,37,40)/i8D2,9D2,10D2,11D2,12D2,13D2,14D2,20D. The molecule has 8 heteroatoms. The smallest absolute Gasteiger partial charge is 0.257 e. The minimum Gasteiger partial charge on any atom is -0.381 e. The van der Waals surface area contributed by atoms with Gasteiger partial charge in [0.2, 0.25) is 0 Å². The number of rotatable bonds is 6. The van der Waals surface area contributed by atoms with Gasteiger partial charge >= 0.3 is 0 Å². The number of carbonyl (C=O) groups excluding carboxylic acids is 1. The number of nitrogens with zero attached hydrogens (tertiary/aromatic N) is 3. The van der Waals surface area contributed by atoms with E-state index in [-0.39, 0.29) is 59.6 Å². The van der Waals surface area contributed by atoms with E-state index in [1.165, 1.54) is 24.3 Å². The van der Waals surface area contributed by atoms with E-state index in [9.17, 15) is 13.6 Å². The number of fused-ring (bicyclic) bond motifs is 1. The SMILES string of the molecule is [2H]c1c(F)cc(C([2H])([2H])c2ccc3c(c2)C(NC(=O)c2ccc(N4C([2H])([2H])C([2H])([2H])N(C)C([2H])([2H])C4([2H])[2H])cc2CC2CC([2H])([2H])OC([2H])([2H])C2)=NC3)cc1F. The fraction of sp³-hybridized carbons (Fsp3) is 0.394. The Morgan fingerprint density at radius 3 is 2.59 bits per heavy atom. The van der Waals surface area contributed by atoms with Gasteiger partial charge in [-0.2, -0.15) is 0 Å². The van der Waals surface area contributed by atoms with Crippen LogP contribution in [0, 0.1) is 17.6 Å². The van der Waals surface area contributed by atoms with Gasteiger partial charge < -0.3 is 19.9 Å². The van der Waals surface area contributed by atoms with Gasteiger partial charge in [-0.25, -0.2) is 8.78 Å². The molecule has 41 heavy (non-hydrogen) atoms. The summed E-state index contributed by atoms with van der Waals surface area (Å²) in [5, 5.41) is 2.65. The van der Waals surface area contributed by atoms with Gasteiger partial charge in [0.05, 0.1) is 18.9 Å². The lowest BCUT2D eigenvalue weighted by molar-refractivity contribution is 0.0664. The molecule has 0 radical (unpaired) electrons. The second kappa shape index (κ2) is 12.1. The van der Waals surface area contributed by atoms with Gasteiger partial charge in [0.25, 0.3) is 5.91 Å². The predicted octanol–water partition coefficient (Wildman–Crippen LogP) is 4.97. The number of likely N-dealkylation sites (N-methyl/N-ethyl adjacent to an activating group) is 1. The van der Waals surface area contributed by atoms with E-state index in [0.29, 0.717) is 15.4 Å². The highest BCUT2D eigenvalue weighted by atomic mass is 19.1. The van der Waals surface area contributed by atoms with Crippen LogP contribution in [0.2, 0.25) is 0 Å². The zero-order valence-electron chi connectivity index (χ0n) is 36.9. The molecule has 2 fully saturated rings. The Labute approximate surface area is 261 Å². The number of benzene rings is 3. The summed E-state index contributed by atoms with van der Waals surface area (Å²) in [6.45, 7) is -17.4. The van der Waals surface area contributed by atoms with Crippen molar-refractivity contribution in [3.05, 3.63) is 99.6 Å². The molecule has 1 amide bonds. The molecule has 3 aromatic rings. The van der Waals surface area contributed by atoms with Crippen molar-refractivity contribution in [2.24, 2.45) is 10.9 Å². The highest BCUT2D eigenvalue weighted by molar-refractivity contribution is 6.14. The summed E-state index contributed by atoms with van der Waals surface area (Å²) in [5.74, 6) is -4.21. The maximum absolute atomic E-state index is 14.2. The number of hydrogen-bond acceptors (Lipinski definition) is 5. The van der Waals surface area contributed by atoms with Crippen molar-refractivity contribution < 1.29 is 38.9 Å². The molecular formula is C33H36F2N4O2. The molecule has 2 saturated heterocycles. The Morgan fingerprint density at radius 2 is 1.83 bits per heavy atom. The van der Waals surface area contributed by atoms with Crippen LogP contribution >= 0.6 is 0 Å². The van der Waals surface area contributed by atoms with Crippen molar-refractivity contribution in [2.75, 3.05) is 51.1 Å². The van der Waals surface area contributed by atoms with E-state index in [0.717, 1.165) is 31.3 Å². The van der Waals surface area contributed by atoms with Crippen LogP contribution in [0.3, 0.4) is 0 Å². The number of amidine groups is 1. The van der Waals surface area contributed by atoms with Crippen molar-refractivity contribution in [3.8, 4) is 0 Å². The minimum absolute atomic E-state index is 0.0240. The third kappa shape index (κ3) is 6.49. The lowest BCUT2D eigenvalue weighted by Gasteiger charge is -2.34. The van der Waals surface area contributed by atoms with Crippen LogP contribution in [0.4, 0.5) is 14.5 Å². The Bertz CT molecular complexity index is 2070. The average Bonchev–Trinajstić information content (AvgIpc) is 3.46. The number of halogens is 2. The fourth-order valence-electron chi connectivity index (χ4n) is 4.73. The van der Waals surface area contributed by atoms with Crippen molar-refractivity contribution >= 4 is 17.4 Å². The minimum atomic E-state index is -3.21. The summed E-state index contributed by atoms with van der Waals surface area (Å²) in [6, 6.07) is 8.12. The lowest BCUT2D eigenvalue weighted by Crippen LogP contribution is -2.44. The predicted molar refractivity (Wildman–Crippen MR) is 157 cm³/mol. The maximum Gasteiger partial charge on any atom is 0.257 e. The topological polar surface area (TPSA) is 57.2 Å². The number of ether oxygens (including phenoxy) is 1. The summed E-state index contributed by atoms with van der Waals surface area (Å²) < 4.78 is 159. The van der Waals surface area contributed by atoms with Crippen molar-refractivity contribution in [3.63, 3.8) is 0 Å². The van der Waals surface area contributed by atoms with Crippen LogP contribution in [-0.4, -0.2) is 62.8 Å². The molecule has 0 atom stereocenters. The third-order valence-electron chi connectivity index (χ3n) is 6.74. The highest BCUT2D eigenvalue weighted by Gasteiger charge is 2.24. The summed E-state index contributed by atoms with van der Waals surface area (Å²) in [6.07, 6.45) is -3.37. The summed E-state index contributed by atoms with van der Waals surface area (Å²) in [4.78, 5) is 19.1. The molecule has 3 aliphatic rings. The monoisotopic (exact) mass is 573 g/mol. The molecule has 0 unspecified atom stereocenters. The van der Waals surface area contributed by atoms with Gasteiger partial charge in [0, 0.05) is 70.2 Å². The van der Waals surface area contributed by atoms with Crippen LogP contribution in [-0.2, 0) is 24.1 Å². The molecule has 3 aliphatic heterocycles. The number of aliphatic imine (C=N–C) groups is 1. The van der Waals surface area contributed by atoms with E-state index in [4.69, 9.17) is 25.3 Å². The van der Waals surface area contributed by atoms with Gasteiger partial charge in [-0.05, 0) is 97.3 Å². The Hall–Kier alpha value is -3.62. The summed E-state index contributed by atoms with van der Waals surface area (Å²) >= 11 is 0. The van der Waals surface area contributed by atoms with E-state index in [1.54, 1.807) is 0 Å². The molecular weight excluding hydrogens is 522 g/mol. The normalized spacial score (nSPS) is 31.0. The van der Waals surface area contributed by atoms with Gasteiger partial charge in [-0.1, -0.05) is 12.1 Å². The lowest BCUT2D eigenvalue weighted by atomic mass is 9.89. The molecule has 0 aliphatic carbocycles. The number of piperazine rings is 1. The Kier molecular flexibility index (Phi) is 4.43. The van der Waals surface area contributed by atoms with E-state index in [1.807, 2.05) is 0 Å². The first kappa shape index (κ1) is 15.0. The summed E-state index contributed by atoms with van der Waals surface area (Å²) in [7, 11) is 0.912. The number of carbonyl (C=O) groups is 1. The molecule has 6 nitrogen and oxygen atoms in total. The van der Waals surface area contributed by atoms with Gasteiger partial charge in [0.1, 0.15) is 17.5 Å². The molecule has 6 rings (SSSR count). The zero-order valence-corrected chi connectivity index (χ0v) is 21.9. The van der Waals surface area contributed by atoms with Crippen LogP contribution in [0.15, 0.2) is 59.6 Å². The molecule has 0 saturated carbocycles. The largest absolute Gasteiger partial charge is 0.381 e. The maximum atomic E-state index is 14.2. The average molecular weight is 574 g/mol. The number of nitrogens with one attached hydrogen (secondary N) is 1. The second-order valence-corrected chi connectivity index (χ2v) is 9.73. The van der Waals surface area contributed by atoms with Crippen LogP contribution < -0.4 is 10.2 Å². The molecule has 0 bridgehead atoms. The zero-order chi connectivity index (χ0) is 41.8. The van der Waals surface area contributed by atoms with E-state index >= 15 is 0 Å². The van der Waals surface area contributed by atoms with Crippen LogP contribution in [0.25, 0.3) is 0 Å². The van der Waals surface area contributed by atoms with Crippen molar-refractivity contribution in [2.45, 2.75) is 32.2 Å². The van der Waals surface area contributed by atoms with Crippen molar-refractivity contribution in [1.82, 2.24) is 10.2 Å². The first-order valence-corrected chi connectivity index (χ1v) is 12.9. The molecule has 1 N–H and O–H groups in total. The van der Waals surface area contributed by atoms with Gasteiger partial charge in [-0.15, -0.1) is 0 Å². The number of anilines is 1.